The third-order valence-corrected chi connectivity index (χ3v) is 3.18. The molecule has 0 radical (unpaired) electrons. The number of ether oxygens (including phenoxy) is 2. The van der Waals surface area contributed by atoms with E-state index in [9.17, 15) is 13.2 Å². The molecule has 7 heteroatoms. The molecule has 0 spiro atoms. The average Bonchev–Trinajstić information content (AvgIpc) is 2.27. The number of hydrogen-bond acceptors (Lipinski definition) is 3. The van der Waals surface area contributed by atoms with Crippen LogP contribution >= 0.6 is 0 Å². The number of hydrogen-bond donors (Lipinski definition) is 2. The maximum Gasteiger partial charge on any atom is 0.400 e. The van der Waals surface area contributed by atoms with Crippen molar-refractivity contribution in [3.63, 3.8) is 0 Å². The molecule has 0 aromatic heterocycles. The number of alkyl halides is 3. The van der Waals surface area contributed by atoms with Crippen LogP contribution in [0.1, 0.15) is 25.7 Å². The Bertz CT molecular complexity index is 284. The van der Waals surface area contributed by atoms with Crippen molar-refractivity contribution in [1.29, 1.82) is 5.41 Å². The highest BCUT2D eigenvalue weighted by Gasteiger charge is 2.42. The fourth-order valence-corrected chi connectivity index (χ4v) is 2.06. The van der Waals surface area contributed by atoms with Crippen molar-refractivity contribution < 1.29 is 22.6 Å². The lowest BCUT2D eigenvalue weighted by molar-refractivity contribution is -0.174. The molecule has 1 aliphatic carbocycles. The van der Waals surface area contributed by atoms with Crippen LogP contribution in [0, 0.1) is 11.3 Å². The van der Waals surface area contributed by atoms with E-state index in [1.165, 1.54) is 0 Å². The number of rotatable bonds is 5. The smallest absolute Gasteiger partial charge is 0.387 e. The molecular formula is C11H19F3N2O2. The molecule has 0 bridgehead atoms. The minimum absolute atomic E-state index is 0.0467. The van der Waals surface area contributed by atoms with Gasteiger partial charge >= 0.3 is 6.18 Å². The molecule has 0 aromatic rings. The minimum Gasteiger partial charge on any atom is -0.387 e. The second-order valence-electron chi connectivity index (χ2n) is 4.53. The topological polar surface area (TPSA) is 68.3 Å². The quantitative estimate of drug-likeness (QED) is 0.592. The Morgan fingerprint density at radius 3 is 2.50 bits per heavy atom. The number of amidine groups is 1. The maximum absolute atomic E-state index is 12.5. The van der Waals surface area contributed by atoms with Crippen molar-refractivity contribution in [2.75, 3.05) is 13.7 Å². The Labute approximate surface area is 104 Å². The average molecular weight is 268 g/mol. The van der Waals surface area contributed by atoms with E-state index >= 15 is 0 Å². The predicted molar refractivity (Wildman–Crippen MR) is 60.5 cm³/mol. The molecule has 0 aromatic carbocycles. The van der Waals surface area contributed by atoms with Crippen LogP contribution in [0.5, 0.6) is 0 Å². The van der Waals surface area contributed by atoms with E-state index < -0.39 is 24.5 Å². The largest absolute Gasteiger partial charge is 0.400 e. The van der Waals surface area contributed by atoms with E-state index in [2.05, 4.69) is 0 Å². The summed E-state index contributed by atoms with van der Waals surface area (Å²) in [4.78, 5) is 0. The van der Waals surface area contributed by atoms with Crippen molar-refractivity contribution in [3.8, 4) is 0 Å². The molecule has 18 heavy (non-hydrogen) atoms. The molecule has 3 N–H and O–H groups in total. The van der Waals surface area contributed by atoms with Gasteiger partial charge in [-0.2, -0.15) is 13.2 Å². The molecule has 0 heterocycles. The number of nitrogens with two attached hydrogens (primary N) is 1. The molecule has 106 valence electrons. The first-order valence-electron chi connectivity index (χ1n) is 5.89. The van der Waals surface area contributed by atoms with Crippen molar-refractivity contribution in [2.45, 2.75) is 44.1 Å². The number of halogens is 3. The lowest BCUT2D eigenvalue weighted by Gasteiger charge is -2.29. The zero-order valence-corrected chi connectivity index (χ0v) is 10.3. The van der Waals surface area contributed by atoms with Crippen molar-refractivity contribution in [1.82, 2.24) is 0 Å². The maximum atomic E-state index is 12.5. The Morgan fingerprint density at radius 1 is 1.39 bits per heavy atom. The third-order valence-electron chi connectivity index (χ3n) is 3.18. The van der Waals surface area contributed by atoms with Gasteiger partial charge in [-0.05, 0) is 25.7 Å². The van der Waals surface area contributed by atoms with Crippen LogP contribution in [0.4, 0.5) is 13.2 Å². The number of nitrogens with one attached hydrogen (secondary N) is 1. The number of methoxy groups -OCH3 is 1. The van der Waals surface area contributed by atoms with Crippen LogP contribution in [0.25, 0.3) is 0 Å². The van der Waals surface area contributed by atoms with Gasteiger partial charge in [0.2, 0.25) is 0 Å². The normalized spacial score (nSPS) is 26.9. The van der Waals surface area contributed by atoms with Gasteiger partial charge in [0.15, 0.2) is 0 Å². The van der Waals surface area contributed by atoms with Gasteiger partial charge in [0, 0.05) is 7.11 Å². The molecule has 1 aliphatic rings. The summed E-state index contributed by atoms with van der Waals surface area (Å²) < 4.78 is 48.0. The summed E-state index contributed by atoms with van der Waals surface area (Å²) in [6, 6.07) is 0. The summed E-state index contributed by atoms with van der Waals surface area (Å²) in [6.45, 7) is -0.583. The highest BCUT2D eigenvalue weighted by Crippen LogP contribution is 2.29. The van der Waals surface area contributed by atoms with Gasteiger partial charge in [-0.1, -0.05) is 0 Å². The van der Waals surface area contributed by atoms with Crippen LogP contribution in [0.2, 0.25) is 0 Å². The summed E-state index contributed by atoms with van der Waals surface area (Å²) in [6.07, 6.45) is -1.62. The van der Waals surface area contributed by atoms with Gasteiger partial charge in [-0.25, -0.2) is 0 Å². The molecule has 0 saturated heterocycles. The zero-order chi connectivity index (χ0) is 13.8. The Balaban J connectivity index is 2.45. The summed E-state index contributed by atoms with van der Waals surface area (Å²) in [5.74, 6) is -2.91. The molecule has 0 aliphatic heterocycles. The second kappa shape index (κ2) is 6.38. The first-order chi connectivity index (χ1) is 8.34. The lowest BCUT2D eigenvalue weighted by Crippen LogP contribution is -2.40. The molecule has 1 rings (SSSR count). The van der Waals surface area contributed by atoms with Crippen LogP contribution in [0.3, 0.4) is 0 Å². The summed E-state index contributed by atoms with van der Waals surface area (Å²) >= 11 is 0. The van der Waals surface area contributed by atoms with Gasteiger partial charge in [-0.15, -0.1) is 0 Å². The van der Waals surface area contributed by atoms with Crippen molar-refractivity contribution in [2.24, 2.45) is 11.7 Å². The van der Waals surface area contributed by atoms with Crippen molar-refractivity contribution in [3.05, 3.63) is 0 Å². The van der Waals surface area contributed by atoms with Crippen LogP contribution in [-0.4, -0.2) is 37.9 Å². The van der Waals surface area contributed by atoms with Gasteiger partial charge in [0.1, 0.15) is 11.8 Å². The first kappa shape index (κ1) is 15.2. The minimum atomic E-state index is -4.53. The summed E-state index contributed by atoms with van der Waals surface area (Å²) in [5, 5.41) is 6.95. The van der Waals surface area contributed by atoms with E-state index in [1.54, 1.807) is 7.11 Å². The Kier molecular flexibility index (Phi) is 5.40. The highest BCUT2D eigenvalue weighted by atomic mass is 19.4. The fourth-order valence-electron chi connectivity index (χ4n) is 2.06. The molecule has 3 atom stereocenters. The van der Waals surface area contributed by atoms with E-state index in [-0.39, 0.29) is 12.2 Å². The zero-order valence-electron chi connectivity index (χ0n) is 10.3. The van der Waals surface area contributed by atoms with Gasteiger partial charge in [0.25, 0.3) is 0 Å². The van der Waals surface area contributed by atoms with Crippen LogP contribution in [-0.2, 0) is 9.47 Å². The highest BCUT2D eigenvalue weighted by molar-refractivity contribution is 5.80. The lowest BCUT2D eigenvalue weighted by atomic mass is 9.95. The molecule has 1 saturated carbocycles. The van der Waals surface area contributed by atoms with E-state index in [0.717, 1.165) is 19.3 Å². The standard InChI is InChI=1S/C11H19F3N2O2/c1-17-7-3-2-4-8(5-7)18-6-9(10(15)16)11(12,13)14/h7-9H,2-6H2,1H3,(H3,15,16). The molecule has 3 unspecified atom stereocenters. The SMILES string of the molecule is COC1CCCC(OCC(C(=N)N)C(F)(F)F)C1. The monoisotopic (exact) mass is 268 g/mol. The molecule has 4 nitrogen and oxygen atoms in total. The molecular weight excluding hydrogens is 249 g/mol. The second-order valence-corrected chi connectivity index (χ2v) is 4.53. The fraction of sp³-hybridized carbons (Fsp3) is 0.909. The Hall–Kier alpha value is -0.820. The van der Waals surface area contributed by atoms with Gasteiger partial charge in [-0.3, -0.25) is 5.41 Å². The van der Waals surface area contributed by atoms with E-state index in [0.29, 0.717) is 6.42 Å². The van der Waals surface area contributed by atoms with E-state index in [1.807, 2.05) is 0 Å². The van der Waals surface area contributed by atoms with Gasteiger partial charge < -0.3 is 15.2 Å². The van der Waals surface area contributed by atoms with Crippen LogP contribution in [0.15, 0.2) is 0 Å². The van der Waals surface area contributed by atoms with Gasteiger partial charge in [0.05, 0.1) is 18.8 Å². The molecule has 0 amide bonds. The third kappa shape index (κ3) is 4.45. The predicted octanol–water partition coefficient (Wildman–Crippen LogP) is 2.08. The van der Waals surface area contributed by atoms with Crippen molar-refractivity contribution >= 4 is 5.84 Å². The first-order valence-corrected chi connectivity index (χ1v) is 5.89. The Morgan fingerprint density at radius 2 is 2.00 bits per heavy atom. The van der Waals surface area contributed by atoms with E-state index in [4.69, 9.17) is 20.6 Å². The molecule has 1 fully saturated rings. The van der Waals surface area contributed by atoms with Crippen LogP contribution < -0.4 is 5.73 Å². The summed E-state index contributed by atoms with van der Waals surface area (Å²) in [7, 11) is 1.58. The summed E-state index contributed by atoms with van der Waals surface area (Å²) in [5.41, 5.74) is 4.95.